The van der Waals surface area contributed by atoms with E-state index in [0.717, 1.165) is 16.9 Å². The molecule has 2 rings (SSSR count). The molecule has 28 heavy (non-hydrogen) atoms. The van der Waals surface area contributed by atoms with E-state index in [1.165, 1.54) is 6.21 Å². The number of ether oxygens (including phenoxy) is 1. The molecule has 2 aromatic carbocycles. The number of nitrogens with one attached hydrogen (secondary N) is 2. The molecule has 7 heteroatoms. The van der Waals surface area contributed by atoms with Crippen molar-refractivity contribution in [3.05, 3.63) is 58.6 Å². The van der Waals surface area contributed by atoms with Crippen molar-refractivity contribution in [2.75, 3.05) is 11.9 Å². The minimum Gasteiger partial charge on any atom is -0.493 e. The Morgan fingerprint density at radius 2 is 1.86 bits per heavy atom. The van der Waals surface area contributed by atoms with Gasteiger partial charge in [-0.05, 0) is 60.4 Å². The van der Waals surface area contributed by atoms with Gasteiger partial charge in [0.05, 0.1) is 12.8 Å². The van der Waals surface area contributed by atoms with Gasteiger partial charge >= 0.3 is 0 Å². The molecule has 0 saturated heterocycles. The van der Waals surface area contributed by atoms with Crippen LogP contribution in [-0.2, 0) is 9.59 Å². The smallest absolute Gasteiger partial charge is 0.249 e. The number of halogens is 1. The molecule has 0 spiro atoms. The molecule has 2 amide bonds. The predicted octanol–water partition coefficient (Wildman–Crippen LogP) is 4.16. The SMILES string of the molecule is Cc1ccc(NC(=O)CC(=O)NN=Cc2ccc(OCC(C)C)cc2)cc1Cl. The number of amides is 2. The topological polar surface area (TPSA) is 79.8 Å². The highest BCUT2D eigenvalue weighted by molar-refractivity contribution is 6.31. The van der Waals surface area contributed by atoms with Crippen molar-refractivity contribution in [2.45, 2.75) is 27.2 Å². The Kier molecular flexibility index (Phi) is 8.02. The molecule has 0 aliphatic rings. The van der Waals surface area contributed by atoms with Crippen LogP contribution in [0, 0.1) is 12.8 Å². The van der Waals surface area contributed by atoms with Gasteiger partial charge in [-0.3, -0.25) is 9.59 Å². The average Bonchev–Trinajstić information content (AvgIpc) is 2.64. The molecule has 0 aromatic heterocycles. The summed E-state index contributed by atoms with van der Waals surface area (Å²) >= 11 is 6.01. The maximum atomic E-state index is 11.9. The summed E-state index contributed by atoms with van der Waals surface area (Å²) in [5.41, 5.74) is 4.58. The molecule has 0 unspecified atom stereocenters. The van der Waals surface area contributed by atoms with Crippen LogP contribution in [0.2, 0.25) is 5.02 Å². The van der Waals surface area contributed by atoms with Gasteiger partial charge in [0.2, 0.25) is 11.8 Å². The van der Waals surface area contributed by atoms with Crippen molar-refractivity contribution in [2.24, 2.45) is 11.0 Å². The second-order valence-corrected chi connectivity index (χ2v) is 7.16. The van der Waals surface area contributed by atoms with E-state index >= 15 is 0 Å². The maximum absolute atomic E-state index is 11.9. The van der Waals surface area contributed by atoms with Crippen molar-refractivity contribution in [3.8, 4) is 5.75 Å². The number of hydrogen-bond acceptors (Lipinski definition) is 4. The summed E-state index contributed by atoms with van der Waals surface area (Å²) in [5.74, 6) is 0.280. The second-order valence-electron chi connectivity index (χ2n) is 6.76. The van der Waals surface area contributed by atoms with Gasteiger partial charge in [-0.1, -0.05) is 31.5 Å². The van der Waals surface area contributed by atoms with Crippen LogP contribution in [0.5, 0.6) is 5.75 Å². The number of benzene rings is 2. The first-order chi connectivity index (χ1) is 13.3. The van der Waals surface area contributed by atoms with Gasteiger partial charge in [-0.25, -0.2) is 5.43 Å². The Labute approximate surface area is 169 Å². The zero-order chi connectivity index (χ0) is 20.5. The summed E-state index contributed by atoms with van der Waals surface area (Å²) in [5, 5.41) is 7.04. The van der Waals surface area contributed by atoms with E-state index in [9.17, 15) is 9.59 Å². The highest BCUT2D eigenvalue weighted by Gasteiger charge is 2.09. The van der Waals surface area contributed by atoms with Gasteiger partial charge in [0.25, 0.3) is 0 Å². The number of hydrazone groups is 1. The van der Waals surface area contributed by atoms with E-state index in [-0.39, 0.29) is 6.42 Å². The summed E-state index contributed by atoms with van der Waals surface area (Å²) in [6.45, 7) is 6.69. The van der Waals surface area contributed by atoms with Crippen LogP contribution in [0.25, 0.3) is 0 Å². The summed E-state index contributed by atoms with van der Waals surface area (Å²) in [7, 11) is 0. The van der Waals surface area contributed by atoms with Crippen molar-refractivity contribution in [1.29, 1.82) is 0 Å². The van der Waals surface area contributed by atoms with Crippen LogP contribution < -0.4 is 15.5 Å². The lowest BCUT2D eigenvalue weighted by molar-refractivity contribution is -0.126. The summed E-state index contributed by atoms with van der Waals surface area (Å²) in [6, 6.07) is 12.5. The van der Waals surface area contributed by atoms with Crippen molar-refractivity contribution >= 4 is 35.3 Å². The molecule has 0 bridgehead atoms. The van der Waals surface area contributed by atoms with Gasteiger partial charge in [-0.2, -0.15) is 5.10 Å². The molecule has 6 nitrogen and oxygen atoms in total. The molecule has 2 aromatic rings. The Morgan fingerprint density at radius 1 is 1.14 bits per heavy atom. The zero-order valence-electron chi connectivity index (χ0n) is 16.2. The highest BCUT2D eigenvalue weighted by Crippen LogP contribution is 2.20. The van der Waals surface area contributed by atoms with Crippen LogP contribution in [0.15, 0.2) is 47.6 Å². The third-order valence-electron chi connectivity index (χ3n) is 3.64. The Balaban J connectivity index is 1.77. The lowest BCUT2D eigenvalue weighted by atomic mass is 10.2. The van der Waals surface area contributed by atoms with Gasteiger partial charge in [-0.15, -0.1) is 0 Å². The van der Waals surface area contributed by atoms with E-state index in [2.05, 4.69) is 29.7 Å². The molecule has 0 atom stereocenters. The lowest BCUT2D eigenvalue weighted by Gasteiger charge is -2.08. The number of nitrogens with zero attached hydrogens (tertiary/aromatic N) is 1. The van der Waals surface area contributed by atoms with Crippen LogP contribution in [-0.4, -0.2) is 24.6 Å². The number of hydrogen-bond donors (Lipinski definition) is 2. The monoisotopic (exact) mass is 401 g/mol. The quantitative estimate of drug-likeness (QED) is 0.396. The molecule has 0 aliphatic carbocycles. The van der Waals surface area contributed by atoms with E-state index in [0.29, 0.717) is 23.2 Å². The third kappa shape index (κ3) is 7.40. The van der Waals surface area contributed by atoms with E-state index in [4.69, 9.17) is 16.3 Å². The molecule has 0 aliphatic heterocycles. The molecule has 148 valence electrons. The second kappa shape index (κ2) is 10.5. The summed E-state index contributed by atoms with van der Waals surface area (Å²) < 4.78 is 5.60. The first-order valence-corrected chi connectivity index (χ1v) is 9.32. The Bertz CT molecular complexity index is 848. The van der Waals surface area contributed by atoms with Crippen LogP contribution in [0.4, 0.5) is 5.69 Å². The molecular formula is C21H24ClN3O3. The molecule has 2 N–H and O–H groups in total. The van der Waals surface area contributed by atoms with Gasteiger partial charge in [0, 0.05) is 10.7 Å². The predicted molar refractivity (Wildman–Crippen MR) is 112 cm³/mol. The third-order valence-corrected chi connectivity index (χ3v) is 4.05. The average molecular weight is 402 g/mol. The fourth-order valence-corrected chi connectivity index (χ4v) is 2.33. The van der Waals surface area contributed by atoms with Gasteiger partial charge < -0.3 is 10.1 Å². The Hall–Kier alpha value is -2.86. The summed E-state index contributed by atoms with van der Waals surface area (Å²) in [4.78, 5) is 23.7. The number of anilines is 1. The normalized spacial score (nSPS) is 10.9. The van der Waals surface area contributed by atoms with E-state index in [1.54, 1.807) is 18.2 Å². The molecular weight excluding hydrogens is 378 g/mol. The van der Waals surface area contributed by atoms with Gasteiger partial charge in [0.1, 0.15) is 12.2 Å². The number of carbonyl (C=O) groups excluding carboxylic acids is 2. The number of aryl methyl sites for hydroxylation is 1. The van der Waals surface area contributed by atoms with Gasteiger partial charge in [0.15, 0.2) is 0 Å². The largest absolute Gasteiger partial charge is 0.493 e. The fraction of sp³-hybridized carbons (Fsp3) is 0.286. The summed E-state index contributed by atoms with van der Waals surface area (Å²) in [6.07, 6.45) is 1.16. The van der Waals surface area contributed by atoms with E-state index < -0.39 is 11.8 Å². The fourth-order valence-electron chi connectivity index (χ4n) is 2.15. The van der Waals surface area contributed by atoms with Crippen molar-refractivity contribution in [3.63, 3.8) is 0 Å². The van der Waals surface area contributed by atoms with Crippen molar-refractivity contribution < 1.29 is 14.3 Å². The van der Waals surface area contributed by atoms with Crippen molar-refractivity contribution in [1.82, 2.24) is 5.43 Å². The molecule has 0 heterocycles. The standard InChI is InChI=1S/C21H24ClN3O3/c1-14(2)13-28-18-8-5-16(6-9-18)12-23-25-21(27)11-20(26)24-17-7-4-15(3)19(22)10-17/h4-10,12,14H,11,13H2,1-3H3,(H,24,26)(H,25,27). The molecule has 0 radical (unpaired) electrons. The minimum absolute atomic E-state index is 0.342. The maximum Gasteiger partial charge on any atom is 0.249 e. The lowest BCUT2D eigenvalue weighted by Crippen LogP contribution is -2.24. The first-order valence-electron chi connectivity index (χ1n) is 8.94. The molecule has 0 fully saturated rings. The number of rotatable bonds is 8. The zero-order valence-corrected chi connectivity index (χ0v) is 16.9. The minimum atomic E-state index is -0.510. The van der Waals surface area contributed by atoms with Crippen LogP contribution in [0.1, 0.15) is 31.4 Å². The highest BCUT2D eigenvalue weighted by atomic mass is 35.5. The van der Waals surface area contributed by atoms with Crippen LogP contribution >= 0.6 is 11.6 Å². The Morgan fingerprint density at radius 3 is 2.50 bits per heavy atom. The number of carbonyl (C=O) groups is 2. The van der Waals surface area contributed by atoms with E-state index in [1.807, 2.05) is 31.2 Å². The molecule has 0 saturated carbocycles. The first kappa shape index (κ1) is 21.4. The van der Waals surface area contributed by atoms with Crippen LogP contribution in [0.3, 0.4) is 0 Å².